The highest BCUT2D eigenvalue weighted by molar-refractivity contribution is 6.21. The van der Waals surface area contributed by atoms with Crippen molar-refractivity contribution in [1.82, 2.24) is 4.90 Å². The van der Waals surface area contributed by atoms with Crippen molar-refractivity contribution >= 4 is 11.5 Å². The average molecular weight is 243 g/mol. The van der Waals surface area contributed by atoms with Crippen molar-refractivity contribution in [3.63, 3.8) is 0 Å². The molecule has 1 aromatic carbocycles. The number of benzene rings is 1. The first-order chi connectivity index (χ1) is 8.66. The first-order valence-electron chi connectivity index (χ1n) is 6.47. The molecule has 0 saturated carbocycles. The fraction of sp³-hybridized carbons (Fsp3) is 0.400. The maximum absolute atomic E-state index is 12.5. The summed E-state index contributed by atoms with van der Waals surface area (Å²) in [7, 11) is 0. The van der Waals surface area contributed by atoms with Gasteiger partial charge in [-0.1, -0.05) is 17.7 Å². The van der Waals surface area contributed by atoms with Crippen molar-refractivity contribution in [2.75, 3.05) is 6.54 Å². The van der Waals surface area contributed by atoms with Crippen LogP contribution in [0.5, 0.6) is 5.75 Å². The number of aromatic hydroxyl groups is 1. The molecule has 0 bridgehead atoms. The number of phenolic OH excluding ortho intramolecular Hbond substituents is 1. The van der Waals surface area contributed by atoms with Gasteiger partial charge in [0.15, 0.2) is 0 Å². The molecule has 0 spiro atoms. The number of rotatable bonds is 1. The van der Waals surface area contributed by atoms with Crippen LogP contribution in [0.3, 0.4) is 0 Å². The van der Waals surface area contributed by atoms with Crippen molar-refractivity contribution in [2.24, 2.45) is 0 Å². The number of hydrogen-bond donors (Lipinski definition) is 1. The van der Waals surface area contributed by atoms with E-state index in [-0.39, 0.29) is 11.7 Å². The Morgan fingerprint density at radius 1 is 1.28 bits per heavy atom. The normalized spacial score (nSPS) is 23.5. The second-order valence-electron chi connectivity index (χ2n) is 5.20. The standard InChI is InChI=1S/C15H17NO2/c1-10-9-12-3-2-8-16(12)15(18)14(10)11-4-6-13(17)7-5-11/h4-7,12,17H,2-3,8-9H2,1H3. The number of phenols is 1. The second-order valence-corrected chi connectivity index (χ2v) is 5.20. The summed E-state index contributed by atoms with van der Waals surface area (Å²) in [6.07, 6.45) is 3.24. The third kappa shape index (κ3) is 1.70. The van der Waals surface area contributed by atoms with Crippen molar-refractivity contribution in [3.05, 3.63) is 35.4 Å². The topological polar surface area (TPSA) is 40.5 Å². The Morgan fingerprint density at radius 3 is 2.72 bits per heavy atom. The van der Waals surface area contributed by atoms with E-state index in [9.17, 15) is 9.90 Å². The van der Waals surface area contributed by atoms with Crippen LogP contribution in [0.1, 0.15) is 31.7 Å². The molecule has 1 saturated heterocycles. The summed E-state index contributed by atoms with van der Waals surface area (Å²) >= 11 is 0. The van der Waals surface area contributed by atoms with Crippen LogP contribution >= 0.6 is 0 Å². The third-order valence-corrected chi connectivity index (χ3v) is 3.98. The minimum absolute atomic E-state index is 0.159. The number of carbonyl (C=O) groups excluding carboxylic acids is 1. The van der Waals surface area contributed by atoms with Gasteiger partial charge in [-0.15, -0.1) is 0 Å². The molecule has 3 rings (SSSR count). The summed E-state index contributed by atoms with van der Waals surface area (Å²) < 4.78 is 0. The molecule has 2 aliphatic heterocycles. The SMILES string of the molecule is CC1=C(c2ccc(O)cc2)C(=O)N2CCCC2C1. The predicted molar refractivity (Wildman–Crippen MR) is 70.1 cm³/mol. The number of carbonyl (C=O) groups is 1. The lowest BCUT2D eigenvalue weighted by Gasteiger charge is -2.32. The van der Waals surface area contributed by atoms with Gasteiger partial charge in [0.2, 0.25) is 0 Å². The van der Waals surface area contributed by atoms with Gasteiger partial charge in [-0.25, -0.2) is 0 Å². The highest BCUT2D eigenvalue weighted by atomic mass is 16.3. The zero-order valence-corrected chi connectivity index (χ0v) is 10.5. The van der Waals surface area contributed by atoms with Gasteiger partial charge in [-0.2, -0.15) is 0 Å². The highest BCUT2D eigenvalue weighted by Gasteiger charge is 2.35. The Labute approximate surface area is 107 Å². The number of amides is 1. The van der Waals surface area contributed by atoms with Crippen molar-refractivity contribution in [3.8, 4) is 5.75 Å². The predicted octanol–water partition coefficient (Wildman–Crippen LogP) is 2.56. The molecule has 2 aliphatic rings. The van der Waals surface area contributed by atoms with Crippen molar-refractivity contribution in [2.45, 2.75) is 32.2 Å². The van der Waals surface area contributed by atoms with E-state index < -0.39 is 0 Å². The molecular formula is C15H17NO2. The van der Waals surface area contributed by atoms with Crippen LogP contribution in [-0.4, -0.2) is 28.5 Å². The summed E-state index contributed by atoms with van der Waals surface area (Å²) in [5.41, 5.74) is 2.92. The van der Waals surface area contributed by atoms with Crippen molar-refractivity contribution < 1.29 is 9.90 Å². The van der Waals surface area contributed by atoms with Crippen LogP contribution in [0, 0.1) is 0 Å². The molecule has 1 amide bonds. The maximum atomic E-state index is 12.5. The summed E-state index contributed by atoms with van der Waals surface area (Å²) in [6, 6.07) is 7.33. The molecule has 1 unspecified atom stereocenters. The zero-order valence-electron chi connectivity index (χ0n) is 10.5. The van der Waals surface area contributed by atoms with E-state index in [2.05, 4.69) is 6.92 Å². The molecule has 0 aliphatic carbocycles. The largest absolute Gasteiger partial charge is 0.508 e. The highest BCUT2D eigenvalue weighted by Crippen LogP contribution is 2.35. The van der Waals surface area contributed by atoms with E-state index >= 15 is 0 Å². The summed E-state index contributed by atoms with van der Waals surface area (Å²) in [4.78, 5) is 14.5. The van der Waals surface area contributed by atoms with Gasteiger partial charge in [0, 0.05) is 18.2 Å². The Balaban J connectivity index is 2.02. The lowest BCUT2D eigenvalue weighted by molar-refractivity contribution is -0.126. The van der Waals surface area contributed by atoms with Crippen molar-refractivity contribution in [1.29, 1.82) is 0 Å². The summed E-state index contributed by atoms with van der Waals surface area (Å²) in [5.74, 6) is 0.395. The van der Waals surface area contributed by atoms with Crippen LogP contribution < -0.4 is 0 Å². The summed E-state index contributed by atoms with van der Waals surface area (Å²) in [5, 5.41) is 9.33. The molecule has 1 aromatic rings. The van der Waals surface area contributed by atoms with Crippen LogP contribution in [0.15, 0.2) is 29.8 Å². The first kappa shape index (κ1) is 11.3. The van der Waals surface area contributed by atoms with Gasteiger partial charge < -0.3 is 10.0 Å². The van der Waals surface area contributed by atoms with E-state index in [1.54, 1.807) is 12.1 Å². The molecule has 3 heteroatoms. The van der Waals surface area contributed by atoms with E-state index in [0.29, 0.717) is 6.04 Å². The van der Waals surface area contributed by atoms with Gasteiger partial charge in [0.05, 0.1) is 0 Å². The van der Waals surface area contributed by atoms with E-state index in [1.807, 2.05) is 17.0 Å². The molecule has 0 aromatic heterocycles. The Morgan fingerprint density at radius 2 is 2.00 bits per heavy atom. The zero-order chi connectivity index (χ0) is 12.7. The first-order valence-corrected chi connectivity index (χ1v) is 6.47. The van der Waals surface area contributed by atoms with Crippen LogP contribution in [0.4, 0.5) is 0 Å². The fourth-order valence-electron chi connectivity index (χ4n) is 3.09. The van der Waals surface area contributed by atoms with Crippen LogP contribution in [-0.2, 0) is 4.79 Å². The molecule has 94 valence electrons. The monoisotopic (exact) mass is 243 g/mol. The van der Waals surface area contributed by atoms with E-state index in [4.69, 9.17) is 0 Å². The Bertz CT molecular complexity index is 516. The number of nitrogens with zero attached hydrogens (tertiary/aromatic N) is 1. The Hall–Kier alpha value is -1.77. The smallest absolute Gasteiger partial charge is 0.254 e. The van der Waals surface area contributed by atoms with Crippen LogP contribution in [0.25, 0.3) is 5.57 Å². The lowest BCUT2D eigenvalue weighted by Crippen LogP contribution is -2.39. The lowest BCUT2D eigenvalue weighted by atomic mass is 9.90. The fourth-order valence-corrected chi connectivity index (χ4v) is 3.09. The number of fused-ring (bicyclic) bond motifs is 1. The van der Waals surface area contributed by atoms with E-state index in [1.165, 1.54) is 5.57 Å². The minimum atomic E-state index is 0.159. The maximum Gasteiger partial charge on any atom is 0.254 e. The van der Waals surface area contributed by atoms with Gasteiger partial charge in [-0.05, 0) is 43.9 Å². The summed E-state index contributed by atoms with van der Waals surface area (Å²) in [6.45, 7) is 2.94. The second kappa shape index (κ2) is 4.16. The van der Waals surface area contributed by atoms with Gasteiger partial charge in [0.25, 0.3) is 5.91 Å². The Kier molecular flexibility index (Phi) is 2.62. The molecule has 18 heavy (non-hydrogen) atoms. The molecule has 1 N–H and O–H groups in total. The molecular weight excluding hydrogens is 226 g/mol. The van der Waals surface area contributed by atoms with Crippen LogP contribution in [0.2, 0.25) is 0 Å². The minimum Gasteiger partial charge on any atom is -0.508 e. The van der Waals surface area contributed by atoms with Gasteiger partial charge >= 0.3 is 0 Å². The number of hydrogen-bond acceptors (Lipinski definition) is 2. The van der Waals surface area contributed by atoms with Gasteiger partial charge in [-0.3, -0.25) is 4.79 Å². The quantitative estimate of drug-likeness (QED) is 0.823. The average Bonchev–Trinajstić information content (AvgIpc) is 2.80. The molecule has 1 atom stereocenters. The molecule has 2 heterocycles. The third-order valence-electron chi connectivity index (χ3n) is 3.98. The molecule has 1 fully saturated rings. The molecule has 3 nitrogen and oxygen atoms in total. The molecule has 0 radical (unpaired) electrons. The van der Waals surface area contributed by atoms with Gasteiger partial charge in [0.1, 0.15) is 5.75 Å². The van der Waals surface area contributed by atoms with E-state index in [0.717, 1.165) is 36.9 Å².